The lowest BCUT2D eigenvalue weighted by molar-refractivity contribution is -0.122. The third kappa shape index (κ3) is 4.83. The number of carbonyl (C=O) groups excluding carboxylic acids is 2. The Balaban J connectivity index is 1.99. The van der Waals surface area contributed by atoms with Crippen molar-refractivity contribution < 1.29 is 19.1 Å². The highest BCUT2D eigenvalue weighted by atomic mass is 16.5. The predicted octanol–water partition coefficient (Wildman–Crippen LogP) is 3.89. The summed E-state index contributed by atoms with van der Waals surface area (Å²) < 4.78 is 10.7. The molecule has 0 saturated heterocycles. The molecule has 0 aliphatic heterocycles. The van der Waals surface area contributed by atoms with Gasteiger partial charge in [0.25, 0.3) is 5.91 Å². The van der Waals surface area contributed by atoms with Crippen molar-refractivity contribution in [2.24, 2.45) is 0 Å². The van der Waals surface area contributed by atoms with Crippen LogP contribution in [0.3, 0.4) is 0 Å². The van der Waals surface area contributed by atoms with Crippen LogP contribution in [0.5, 0.6) is 5.75 Å². The van der Waals surface area contributed by atoms with Gasteiger partial charge in [0, 0.05) is 5.69 Å². The number of rotatable bonds is 6. The number of hydrogen-bond donors (Lipinski definition) is 1. The van der Waals surface area contributed by atoms with Crippen LogP contribution in [0.15, 0.2) is 42.5 Å². The van der Waals surface area contributed by atoms with Crippen molar-refractivity contribution in [1.82, 2.24) is 0 Å². The number of hydrogen-bond acceptors (Lipinski definition) is 4. The summed E-state index contributed by atoms with van der Waals surface area (Å²) in [4.78, 5) is 23.9. The van der Waals surface area contributed by atoms with E-state index in [1.165, 1.54) is 0 Å². The molecule has 0 aliphatic carbocycles. The van der Waals surface area contributed by atoms with E-state index in [1.807, 2.05) is 32.0 Å². The van der Waals surface area contributed by atoms with Gasteiger partial charge < -0.3 is 14.8 Å². The fourth-order valence-electron chi connectivity index (χ4n) is 2.24. The Hall–Kier alpha value is -2.82. The molecule has 1 amide bonds. The standard InChI is InChI=1S/C20H23NO4/c1-5-24-20(23)16-9-11-17(12-10-16)21-19(22)15(4)25-18-8-6-7-13(2)14(18)3/h6-12,15H,5H2,1-4H3,(H,21,22)/t15-/m0/s1. The summed E-state index contributed by atoms with van der Waals surface area (Å²) in [5, 5.41) is 2.78. The van der Waals surface area contributed by atoms with E-state index in [0.29, 0.717) is 23.6 Å². The normalized spacial score (nSPS) is 11.5. The van der Waals surface area contributed by atoms with Crippen LogP contribution in [0.4, 0.5) is 5.69 Å². The molecule has 2 aromatic rings. The van der Waals surface area contributed by atoms with Crippen molar-refractivity contribution in [2.75, 3.05) is 11.9 Å². The van der Waals surface area contributed by atoms with E-state index in [4.69, 9.17) is 9.47 Å². The average Bonchev–Trinajstić information content (AvgIpc) is 2.59. The average molecular weight is 341 g/mol. The zero-order valence-corrected chi connectivity index (χ0v) is 15.0. The fraction of sp³-hybridized carbons (Fsp3) is 0.300. The molecular weight excluding hydrogens is 318 g/mol. The van der Waals surface area contributed by atoms with Crippen LogP contribution in [0.1, 0.15) is 35.3 Å². The summed E-state index contributed by atoms with van der Waals surface area (Å²) in [6, 6.07) is 12.3. The molecule has 2 aromatic carbocycles. The Morgan fingerprint density at radius 2 is 1.76 bits per heavy atom. The number of aryl methyl sites for hydroxylation is 1. The van der Waals surface area contributed by atoms with Crippen molar-refractivity contribution >= 4 is 17.6 Å². The van der Waals surface area contributed by atoms with Crippen LogP contribution in [-0.4, -0.2) is 24.6 Å². The minimum atomic E-state index is -0.648. The van der Waals surface area contributed by atoms with Gasteiger partial charge in [-0.15, -0.1) is 0 Å². The predicted molar refractivity (Wildman–Crippen MR) is 97.0 cm³/mol. The van der Waals surface area contributed by atoms with E-state index in [2.05, 4.69) is 5.32 Å². The molecule has 0 bridgehead atoms. The second kappa shape index (κ2) is 8.33. The number of benzene rings is 2. The molecule has 0 spiro atoms. The van der Waals surface area contributed by atoms with Crippen molar-refractivity contribution in [3.63, 3.8) is 0 Å². The van der Waals surface area contributed by atoms with Crippen LogP contribution in [-0.2, 0) is 9.53 Å². The van der Waals surface area contributed by atoms with Crippen molar-refractivity contribution in [1.29, 1.82) is 0 Å². The maximum atomic E-state index is 12.3. The Morgan fingerprint density at radius 3 is 2.40 bits per heavy atom. The Bertz CT molecular complexity index is 753. The van der Waals surface area contributed by atoms with E-state index in [9.17, 15) is 9.59 Å². The van der Waals surface area contributed by atoms with E-state index in [1.54, 1.807) is 38.1 Å². The van der Waals surface area contributed by atoms with Crippen LogP contribution in [0, 0.1) is 13.8 Å². The molecule has 0 radical (unpaired) electrons. The molecule has 0 saturated carbocycles. The minimum Gasteiger partial charge on any atom is -0.481 e. The van der Waals surface area contributed by atoms with Gasteiger partial charge in [-0.1, -0.05) is 12.1 Å². The number of amides is 1. The molecule has 1 N–H and O–H groups in total. The Morgan fingerprint density at radius 1 is 1.08 bits per heavy atom. The van der Waals surface area contributed by atoms with Crippen LogP contribution in [0.25, 0.3) is 0 Å². The molecule has 5 nitrogen and oxygen atoms in total. The molecule has 0 unspecified atom stereocenters. The molecule has 0 heterocycles. The highest BCUT2D eigenvalue weighted by molar-refractivity contribution is 5.95. The van der Waals surface area contributed by atoms with Gasteiger partial charge in [0.2, 0.25) is 0 Å². The summed E-state index contributed by atoms with van der Waals surface area (Å²) in [7, 11) is 0. The first-order chi connectivity index (χ1) is 11.9. The van der Waals surface area contributed by atoms with Gasteiger partial charge in [0.05, 0.1) is 12.2 Å². The number of nitrogens with one attached hydrogen (secondary N) is 1. The smallest absolute Gasteiger partial charge is 0.338 e. The third-order valence-electron chi connectivity index (χ3n) is 3.89. The largest absolute Gasteiger partial charge is 0.481 e. The topological polar surface area (TPSA) is 64.6 Å². The lowest BCUT2D eigenvalue weighted by Crippen LogP contribution is -2.30. The van der Waals surface area contributed by atoms with Gasteiger partial charge in [0.15, 0.2) is 6.10 Å². The maximum Gasteiger partial charge on any atom is 0.338 e. The number of esters is 1. The van der Waals surface area contributed by atoms with Gasteiger partial charge in [-0.05, 0) is 69.2 Å². The Labute approximate surface area is 148 Å². The van der Waals surface area contributed by atoms with Gasteiger partial charge in [-0.2, -0.15) is 0 Å². The van der Waals surface area contributed by atoms with E-state index in [-0.39, 0.29) is 11.9 Å². The summed E-state index contributed by atoms with van der Waals surface area (Å²) in [5.74, 6) is 0.0529. The Kier molecular flexibility index (Phi) is 6.17. The lowest BCUT2D eigenvalue weighted by atomic mass is 10.1. The van der Waals surface area contributed by atoms with Gasteiger partial charge >= 0.3 is 5.97 Å². The van der Waals surface area contributed by atoms with E-state index < -0.39 is 6.10 Å². The molecule has 0 aromatic heterocycles. The summed E-state index contributed by atoms with van der Waals surface area (Å²) in [6.45, 7) is 7.74. The third-order valence-corrected chi connectivity index (χ3v) is 3.89. The summed E-state index contributed by atoms with van der Waals surface area (Å²) in [5.41, 5.74) is 3.16. The second-order valence-corrected chi connectivity index (χ2v) is 5.75. The highest BCUT2D eigenvalue weighted by Crippen LogP contribution is 2.22. The zero-order chi connectivity index (χ0) is 18.4. The van der Waals surface area contributed by atoms with Crippen molar-refractivity contribution in [3.8, 4) is 5.75 Å². The monoisotopic (exact) mass is 341 g/mol. The van der Waals surface area contributed by atoms with Crippen LogP contribution >= 0.6 is 0 Å². The molecule has 0 fully saturated rings. The molecule has 2 rings (SSSR count). The SMILES string of the molecule is CCOC(=O)c1ccc(NC(=O)[C@H](C)Oc2cccc(C)c2C)cc1. The summed E-state index contributed by atoms with van der Waals surface area (Å²) in [6.07, 6.45) is -0.648. The van der Waals surface area contributed by atoms with Crippen molar-refractivity contribution in [3.05, 3.63) is 59.2 Å². The van der Waals surface area contributed by atoms with E-state index >= 15 is 0 Å². The molecule has 132 valence electrons. The second-order valence-electron chi connectivity index (χ2n) is 5.75. The fourth-order valence-corrected chi connectivity index (χ4v) is 2.24. The zero-order valence-electron chi connectivity index (χ0n) is 15.0. The minimum absolute atomic E-state index is 0.259. The van der Waals surface area contributed by atoms with Gasteiger partial charge in [0.1, 0.15) is 5.75 Å². The first kappa shape index (κ1) is 18.5. The number of anilines is 1. The number of carbonyl (C=O) groups is 2. The molecule has 0 aliphatic rings. The first-order valence-corrected chi connectivity index (χ1v) is 8.23. The van der Waals surface area contributed by atoms with E-state index in [0.717, 1.165) is 11.1 Å². The summed E-state index contributed by atoms with van der Waals surface area (Å²) >= 11 is 0. The van der Waals surface area contributed by atoms with Gasteiger partial charge in [-0.3, -0.25) is 4.79 Å². The highest BCUT2D eigenvalue weighted by Gasteiger charge is 2.16. The molecule has 1 atom stereocenters. The number of ether oxygens (including phenoxy) is 2. The van der Waals surface area contributed by atoms with Gasteiger partial charge in [-0.25, -0.2) is 4.79 Å². The first-order valence-electron chi connectivity index (χ1n) is 8.23. The quantitative estimate of drug-likeness (QED) is 0.810. The van der Waals surface area contributed by atoms with Crippen molar-refractivity contribution in [2.45, 2.75) is 33.8 Å². The van der Waals surface area contributed by atoms with Crippen LogP contribution < -0.4 is 10.1 Å². The van der Waals surface area contributed by atoms with Crippen LogP contribution in [0.2, 0.25) is 0 Å². The molecule has 25 heavy (non-hydrogen) atoms. The molecule has 5 heteroatoms. The lowest BCUT2D eigenvalue weighted by Gasteiger charge is -2.17. The maximum absolute atomic E-state index is 12.3. The molecular formula is C20H23NO4.